The number of rotatable bonds is 1. The van der Waals surface area contributed by atoms with Crippen LogP contribution in [-0.2, 0) is 17.8 Å². The van der Waals surface area contributed by atoms with Gasteiger partial charge in [0.15, 0.2) is 0 Å². The van der Waals surface area contributed by atoms with E-state index < -0.39 is 0 Å². The molecule has 4 rings (SSSR count). The standard InChI is InChI=1S/C17H17N3O/c18-14-6-3-7-15-13(14)10-21-17(19-15)20-16-9-8-11-4-1-2-5-12(11)16/h1-7,16H,8-10,18H2,(H,19,20)/t16-/m1/s1. The molecule has 1 heterocycles. The molecule has 21 heavy (non-hydrogen) atoms. The zero-order valence-electron chi connectivity index (χ0n) is 11.7. The molecule has 0 radical (unpaired) electrons. The SMILES string of the molecule is Nc1cccc2c1COC(N[C@@H]1CCc3ccccc31)=N2. The van der Waals surface area contributed by atoms with Crippen molar-refractivity contribution in [3.8, 4) is 0 Å². The van der Waals surface area contributed by atoms with Crippen LogP contribution in [0, 0.1) is 0 Å². The highest BCUT2D eigenvalue weighted by Gasteiger charge is 2.24. The van der Waals surface area contributed by atoms with Crippen LogP contribution in [0.4, 0.5) is 11.4 Å². The van der Waals surface area contributed by atoms with E-state index in [1.807, 2.05) is 18.2 Å². The molecular weight excluding hydrogens is 262 g/mol. The van der Waals surface area contributed by atoms with Crippen molar-refractivity contribution in [2.45, 2.75) is 25.5 Å². The van der Waals surface area contributed by atoms with E-state index >= 15 is 0 Å². The van der Waals surface area contributed by atoms with Crippen LogP contribution in [0.2, 0.25) is 0 Å². The monoisotopic (exact) mass is 279 g/mol. The first-order valence-electron chi connectivity index (χ1n) is 7.24. The molecule has 4 nitrogen and oxygen atoms in total. The van der Waals surface area contributed by atoms with Gasteiger partial charge in [-0.2, -0.15) is 4.99 Å². The number of anilines is 1. The van der Waals surface area contributed by atoms with E-state index in [2.05, 4.69) is 34.6 Å². The third kappa shape index (κ3) is 2.13. The van der Waals surface area contributed by atoms with Gasteiger partial charge in [-0.15, -0.1) is 0 Å². The first-order chi connectivity index (χ1) is 10.3. The average molecular weight is 279 g/mol. The molecule has 0 spiro atoms. The van der Waals surface area contributed by atoms with Gasteiger partial charge in [-0.05, 0) is 36.1 Å². The predicted molar refractivity (Wildman–Crippen MR) is 83.4 cm³/mol. The summed E-state index contributed by atoms with van der Waals surface area (Å²) in [4.78, 5) is 4.55. The summed E-state index contributed by atoms with van der Waals surface area (Å²) in [5.41, 5.74) is 11.3. The average Bonchev–Trinajstić information content (AvgIpc) is 2.91. The zero-order valence-corrected chi connectivity index (χ0v) is 11.7. The van der Waals surface area contributed by atoms with Gasteiger partial charge >= 0.3 is 0 Å². The maximum atomic E-state index is 5.94. The van der Waals surface area contributed by atoms with E-state index in [9.17, 15) is 0 Å². The number of nitrogen functional groups attached to an aromatic ring is 1. The Morgan fingerprint density at radius 2 is 2.05 bits per heavy atom. The number of fused-ring (bicyclic) bond motifs is 2. The van der Waals surface area contributed by atoms with Crippen LogP contribution in [0.25, 0.3) is 0 Å². The maximum Gasteiger partial charge on any atom is 0.290 e. The van der Waals surface area contributed by atoms with Crippen molar-refractivity contribution in [1.82, 2.24) is 5.32 Å². The second-order valence-corrected chi connectivity index (χ2v) is 5.48. The van der Waals surface area contributed by atoms with Crippen molar-refractivity contribution in [3.63, 3.8) is 0 Å². The van der Waals surface area contributed by atoms with Crippen LogP contribution < -0.4 is 11.1 Å². The highest BCUT2D eigenvalue weighted by Crippen LogP contribution is 2.33. The molecule has 2 aromatic rings. The number of nitrogens with zero attached hydrogens (tertiary/aromatic N) is 1. The van der Waals surface area contributed by atoms with Gasteiger partial charge in [-0.3, -0.25) is 0 Å². The molecule has 0 bridgehead atoms. The van der Waals surface area contributed by atoms with Crippen LogP contribution in [0.5, 0.6) is 0 Å². The number of amidine groups is 1. The smallest absolute Gasteiger partial charge is 0.290 e. The second-order valence-electron chi connectivity index (χ2n) is 5.48. The fraction of sp³-hybridized carbons (Fsp3) is 0.235. The van der Waals surface area contributed by atoms with Crippen molar-refractivity contribution in [3.05, 3.63) is 59.2 Å². The predicted octanol–water partition coefficient (Wildman–Crippen LogP) is 3.06. The van der Waals surface area contributed by atoms with Crippen LogP contribution in [0.15, 0.2) is 47.5 Å². The molecule has 1 atom stereocenters. The number of benzene rings is 2. The molecule has 1 aliphatic carbocycles. The Hall–Kier alpha value is -2.49. The largest absolute Gasteiger partial charge is 0.460 e. The summed E-state index contributed by atoms with van der Waals surface area (Å²) in [6, 6.07) is 15.2. The van der Waals surface area contributed by atoms with E-state index in [0.29, 0.717) is 12.6 Å². The summed E-state index contributed by atoms with van der Waals surface area (Å²) >= 11 is 0. The summed E-state index contributed by atoms with van der Waals surface area (Å²) in [5.74, 6) is 0. The van der Waals surface area contributed by atoms with Gasteiger partial charge in [0, 0.05) is 11.3 Å². The number of ether oxygens (including phenoxy) is 1. The summed E-state index contributed by atoms with van der Waals surface area (Å²) in [5, 5.41) is 3.42. The summed E-state index contributed by atoms with van der Waals surface area (Å²) in [6.07, 6.45) is 2.18. The van der Waals surface area contributed by atoms with Gasteiger partial charge in [0.05, 0.1) is 11.7 Å². The van der Waals surface area contributed by atoms with Crippen molar-refractivity contribution < 1.29 is 4.74 Å². The fourth-order valence-corrected chi connectivity index (χ4v) is 3.07. The third-order valence-corrected chi connectivity index (χ3v) is 4.19. The number of hydrogen-bond acceptors (Lipinski definition) is 4. The molecule has 4 heteroatoms. The zero-order chi connectivity index (χ0) is 14.2. The molecule has 0 fully saturated rings. The molecule has 0 unspecified atom stereocenters. The van der Waals surface area contributed by atoms with Gasteiger partial charge in [-0.25, -0.2) is 0 Å². The summed E-state index contributed by atoms with van der Waals surface area (Å²) in [6.45, 7) is 0.474. The first-order valence-corrected chi connectivity index (χ1v) is 7.24. The van der Waals surface area contributed by atoms with Gasteiger partial charge in [0.2, 0.25) is 0 Å². The third-order valence-electron chi connectivity index (χ3n) is 4.19. The second kappa shape index (κ2) is 4.81. The molecule has 1 aliphatic heterocycles. The normalized spacial score (nSPS) is 19.2. The quantitative estimate of drug-likeness (QED) is 0.789. The van der Waals surface area contributed by atoms with Crippen molar-refractivity contribution >= 4 is 17.4 Å². The Kier molecular flexibility index (Phi) is 2.81. The van der Waals surface area contributed by atoms with Crippen molar-refractivity contribution in [2.24, 2.45) is 4.99 Å². The minimum Gasteiger partial charge on any atom is -0.460 e. The fourth-order valence-electron chi connectivity index (χ4n) is 3.07. The van der Waals surface area contributed by atoms with E-state index in [1.165, 1.54) is 11.1 Å². The Balaban J connectivity index is 1.60. The summed E-state index contributed by atoms with van der Waals surface area (Å²) < 4.78 is 5.72. The molecule has 0 amide bonds. The first kappa shape index (κ1) is 12.3. The Bertz CT molecular complexity index is 724. The van der Waals surface area contributed by atoms with E-state index in [0.717, 1.165) is 29.8 Å². The molecule has 106 valence electrons. The Labute approximate surface area is 123 Å². The lowest BCUT2D eigenvalue weighted by Crippen LogP contribution is -2.30. The molecule has 0 saturated heterocycles. The summed E-state index contributed by atoms with van der Waals surface area (Å²) in [7, 11) is 0. The maximum absolute atomic E-state index is 5.94. The van der Waals surface area contributed by atoms with Crippen LogP contribution in [0.1, 0.15) is 29.2 Å². The number of hydrogen-bond donors (Lipinski definition) is 2. The number of nitrogens with one attached hydrogen (secondary N) is 1. The van der Waals surface area contributed by atoms with Crippen molar-refractivity contribution in [1.29, 1.82) is 0 Å². The lowest BCUT2D eigenvalue weighted by atomic mass is 10.1. The van der Waals surface area contributed by atoms with Gasteiger partial charge in [0.1, 0.15) is 6.61 Å². The minimum atomic E-state index is 0.280. The lowest BCUT2D eigenvalue weighted by molar-refractivity contribution is 0.266. The minimum absolute atomic E-state index is 0.280. The highest BCUT2D eigenvalue weighted by atomic mass is 16.5. The van der Waals surface area contributed by atoms with E-state index in [1.54, 1.807) is 0 Å². The molecule has 2 aromatic carbocycles. The van der Waals surface area contributed by atoms with Gasteiger partial charge < -0.3 is 15.8 Å². The lowest BCUT2D eigenvalue weighted by Gasteiger charge is -2.22. The molecular formula is C17H17N3O. The van der Waals surface area contributed by atoms with Gasteiger partial charge in [-0.1, -0.05) is 30.3 Å². The number of aliphatic imine (C=N–C) groups is 1. The molecule has 0 saturated carbocycles. The van der Waals surface area contributed by atoms with Gasteiger partial charge in [0.25, 0.3) is 6.02 Å². The Morgan fingerprint density at radius 3 is 3.00 bits per heavy atom. The van der Waals surface area contributed by atoms with E-state index in [4.69, 9.17) is 10.5 Å². The topological polar surface area (TPSA) is 59.6 Å². The Morgan fingerprint density at radius 1 is 1.14 bits per heavy atom. The van der Waals surface area contributed by atoms with Crippen molar-refractivity contribution in [2.75, 3.05) is 5.73 Å². The molecule has 3 N–H and O–H groups in total. The molecule has 2 aliphatic rings. The number of aryl methyl sites for hydroxylation is 1. The van der Waals surface area contributed by atoms with Crippen LogP contribution >= 0.6 is 0 Å². The molecule has 0 aromatic heterocycles. The van der Waals surface area contributed by atoms with Crippen LogP contribution in [0.3, 0.4) is 0 Å². The number of nitrogens with two attached hydrogens (primary N) is 1. The highest BCUT2D eigenvalue weighted by molar-refractivity contribution is 5.81. The van der Waals surface area contributed by atoms with Crippen LogP contribution in [-0.4, -0.2) is 6.02 Å². The van der Waals surface area contributed by atoms with E-state index in [-0.39, 0.29) is 6.04 Å².